The summed E-state index contributed by atoms with van der Waals surface area (Å²) in [6.07, 6.45) is 0.510. The molecule has 0 aliphatic rings. The molecule has 0 aromatic heterocycles. The number of amides is 1. The Labute approximate surface area is 183 Å². The summed E-state index contributed by atoms with van der Waals surface area (Å²) in [5.41, 5.74) is 3.84. The molecule has 3 aromatic carbocycles. The molecule has 0 aliphatic carbocycles. The molecule has 5 heteroatoms. The van der Waals surface area contributed by atoms with Crippen molar-refractivity contribution in [2.24, 2.45) is 5.92 Å². The number of benzene rings is 3. The lowest BCUT2D eigenvalue weighted by molar-refractivity contribution is -0.116. The number of para-hydroxylation sites is 1. The van der Waals surface area contributed by atoms with E-state index in [4.69, 9.17) is 16.3 Å². The van der Waals surface area contributed by atoms with E-state index in [1.807, 2.05) is 86.6 Å². The number of halogens is 1. The molecule has 0 radical (unpaired) electrons. The molecule has 0 fully saturated rings. The van der Waals surface area contributed by atoms with Crippen LogP contribution in [0.25, 0.3) is 0 Å². The van der Waals surface area contributed by atoms with Crippen molar-refractivity contribution in [2.75, 3.05) is 10.6 Å². The molecule has 30 heavy (non-hydrogen) atoms. The maximum absolute atomic E-state index is 12.0. The third kappa shape index (κ3) is 6.82. The Hall–Kier alpha value is -2.98. The van der Waals surface area contributed by atoms with E-state index >= 15 is 0 Å². The molecule has 2 N–H and O–H groups in total. The van der Waals surface area contributed by atoms with Gasteiger partial charge in [-0.05, 0) is 47.9 Å². The van der Waals surface area contributed by atoms with Crippen LogP contribution < -0.4 is 15.4 Å². The minimum atomic E-state index is 0.0306. The van der Waals surface area contributed by atoms with Crippen LogP contribution in [0.1, 0.15) is 31.4 Å². The quantitative estimate of drug-likeness (QED) is 0.413. The standard InChI is InChI=1S/C25H27ClN2O2/c1-18(2)14-25(29)28-23-8-5-7-22(15-23)27-16-20-6-3-4-9-24(20)30-17-19-10-12-21(26)13-11-19/h3-13,15,18,27H,14,16-17H2,1-2H3,(H,28,29). The first-order valence-corrected chi connectivity index (χ1v) is 10.5. The van der Waals surface area contributed by atoms with E-state index in [9.17, 15) is 4.79 Å². The van der Waals surface area contributed by atoms with Gasteiger partial charge in [0.1, 0.15) is 12.4 Å². The van der Waals surface area contributed by atoms with E-state index in [0.717, 1.165) is 28.3 Å². The van der Waals surface area contributed by atoms with Gasteiger partial charge in [0.25, 0.3) is 0 Å². The van der Waals surface area contributed by atoms with Crippen LogP contribution in [0.15, 0.2) is 72.8 Å². The average Bonchev–Trinajstić information content (AvgIpc) is 2.72. The molecule has 0 aliphatic heterocycles. The van der Waals surface area contributed by atoms with Crippen LogP contribution in [-0.2, 0) is 17.9 Å². The summed E-state index contributed by atoms with van der Waals surface area (Å²) < 4.78 is 6.02. The molecule has 1 amide bonds. The van der Waals surface area contributed by atoms with E-state index in [1.165, 1.54) is 0 Å². The van der Waals surface area contributed by atoms with Crippen molar-refractivity contribution < 1.29 is 9.53 Å². The van der Waals surface area contributed by atoms with Gasteiger partial charge in [0.05, 0.1) is 0 Å². The van der Waals surface area contributed by atoms with E-state index in [0.29, 0.717) is 30.5 Å². The number of hydrogen-bond donors (Lipinski definition) is 2. The maximum Gasteiger partial charge on any atom is 0.224 e. The largest absolute Gasteiger partial charge is 0.489 e. The molecule has 0 unspecified atom stereocenters. The van der Waals surface area contributed by atoms with Gasteiger partial charge in [0, 0.05) is 34.9 Å². The van der Waals surface area contributed by atoms with E-state index < -0.39 is 0 Å². The summed E-state index contributed by atoms with van der Waals surface area (Å²) in [5.74, 6) is 1.19. The van der Waals surface area contributed by atoms with E-state index in [1.54, 1.807) is 0 Å². The number of carbonyl (C=O) groups excluding carboxylic acids is 1. The fourth-order valence-electron chi connectivity index (χ4n) is 3.02. The Morgan fingerprint density at radius 1 is 0.967 bits per heavy atom. The predicted molar refractivity (Wildman–Crippen MR) is 124 cm³/mol. The van der Waals surface area contributed by atoms with Gasteiger partial charge in [-0.2, -0.15) is 0 Å². The van der Waals surface area contributed by atoms with Crippen LogP contribution in [0.2, 0.25) is 5.02 Å². The fourth-order valence-corrected chi connectivity index (χ4v) is 3.15. The van der Waals surface area contributed by atoms with Gasteiger partial charge in [-0.25, -0.2) is 0 Å². The topological polar surface area (TPSA) is 50.4 Å². The monoisotopic (exact) mass is 422 g/mol. The van der Waals surface area contributed by atoms with Gasteiger partial charge in [0.2, 0.25) is 5.91 Å². The first-order valence-electron chi connectivity index (χ1n) is 10.1. The van der Waals surface area contributed by atoms with Crippen LogP contribution in [0, 0.1) is 5.92 Å². The highest BCUT2D eigenvalue weighted by molar-refractivity contribution is 6.30. The molecule has 0 heterocycles. The van der Waals surface area contributed by atoms with Crippen LogP contribution in [0.3, 0.4) is 0 Å². The third-order valence-corrected chi connectivity index (χ3v) is 4.76. The van der Waals surface area contributed by atoms with Crippen molar-refractivity contribution in [3.05, 3.63) is 88.9 Å². The summed E-state index contributed by atoms with van der Waals surface area (Å²) in [7, 11) is 0. The smallest absolute Gasteiger partial charge is 0.224 e. The normalized spacial score (nSPS) is 10.7. The van der Waals surface area contributed by atoms with E-state index in [-0.39, 0.29) is 5.91 Å². The summed E-state index contributed by atoms with van der Waals surface area (Å²) in [6.45, 7) is 5.15. The zero-order chi connectivity index (χ0) is 21.3. The molecule has 156 valence electrons. The summed E-state index contributed by atoms with van der Waals surface area (Å²) in [6, 6.07) is 23.4. The second-order valence-corrected chi connectivity index (χ2v) is 8.04. The van der Waals surface area contributed by atoms with Crippen molar-refractivity contribution in [3.63, 3.8) is 0 Å². The predicted octanol–water partition coefficient (Wildman–Crippen LogP) is 6.52. The average molecular weight is 423 g/mol. The SMILES string of the molecule is CC(C)CC(=O)Nc1cccc(NCc2ccccc2OCc2ccc(Cl)cc2)c1. The molecule has 3 rings (SSSR count). The number of anilines is 2. The summed E-state index contributed by atoms with van der Waals surface area (Å²) in [4.78, 5) is 12.0. The first-order chi connectivity index (χ1) is 14.5. The molecule has 0 bridgehead atoms. The Bertz CT molecular complexity index is 971. The zero-order valence-corrected chi connectivity index (χ0v) is 18.1. The second kappa shape index (κ2) is 10.7. The van der Waals surface area contributed by atoms with Gasteiger partial charge in [-0.1, -0.05) is 61.8 Å². The molecular formula is C25H27ClN2O2. The van der Waals surface area contributed by atoms with Crippen LogP contribution >= 0.6 is 11.6 Å². The van der Waals surface area contributed by atoms with Crippen molar-refractivity contribution in [1.29, 1.82) is 0 Å². The lowest BCUT2D eigenvalue weighted by atomic mass is 10.1. The first kappa shape index (κ1) is 21.7. The van der Waals surface area contributed by atoms with E-state index in [2.05, 4.69) is 10.6 Å². The maximum atomic E-state index is 12.0. The van der Waals surface area contributed by atoms with Gasteiger partial charge >= 0.3 is 0 Å². The Morgan fingerprint density at radius 2 is 1.70 bits per heavy atom. The molecular weight excluding hydrogens is 396 g/mol. The number of carbonyl (C=O) groups is 1. The molecule has 4 nitrogen and oxygen atoms in total. The lowest BCUT2D eigenvalue weighted by Crippen LogP contribution is -2.14. The van der Waals surface area contributed by atoms with Crippen molar-refractivity contribution >= 4 is 28.9 Å². The zero-order valence-electron chi connectivity index (χ0n) is 17.3. The van der Waals surface area contributed by atoms with Crippen molar-refractivity contribution in [1.82, 2.24) is 0 Å². The fraction of sp³-hybridized carbons (Fsp3) is 0.240. The van der Waals surface area contributed by atoms with Crippen LogP contribution in [0.5, 0.6) is 5.75 Å². The number of ether oxygens (including phenoxy) is 1. The molecule has 0 saturated heterocycles. The number of nitrogens with one attached hydrogen (secondary N) is 2. The Kier molecular flexibility index (Phi) is 7.75. The van der Waals surface area contributed by atoms with Gasteiger partial charge < -0.3 is 15.4 Å². The van der Waals surface area contributed by atoms with Crippen LogP contribution in [-0.4, -0.2) is 5.91 Å². The molecule has 0 spiro atoms. The number of hydrogen-bond acceptors (Lipinski definition) is 3. The summed E-state index contributed by atoms with van der Waals surface area (Å²) >= 11 is 5.94. The minimum Gasteiger partial charge on any atom is -0.489 e. The van der Waals surface area contributed by atoms with Crippen molar-refractivity contribution in [2.45, 2.75) is 33.4 Å². The Balaban J connectivity index is 1.60. The van der Waals surface area contributed by atoms with Crippen molar-refractivity contribution in [3.8, 4) is 5.75 Å². The molecule has 0 saturated carbocycles. The lowest BCUT2D eigenvalue weighted by Gasteiger charge is -2.14. The Morgan fingerprint density at radius 3 is 2.47 bits per heavy atom. The minimum absolute atomic E-state index is 0.0306. The highest BCUT2D eigenvalue weighted by atomic mass is 35.5. The molecule has 3 aromatic rings. The highest BCUT2D eigenvalue weighted by Gasteiger charge is 2.07. The highest BCUT2D eigenvalue weighted by Crippen LogP contribution is 2.22. The molecule has 0 atom stereocenters. The van der Waals surface area contributed by atoms with Gasteiger partial charge in [-0.15, -0.1) is 0 Å². The number of rotatable bonds is 9. The summed E-state index contributed by atoms with van der Waals surface area (Å²) in [5, 5.41) is 7.08. The van der Waals surface area contributed by atoms with Gasteiger partial charge in [0.15, 0.2) is 0 Å². The van der Waals surface area contributed by atoms with Gasteiger partial charge in [-0.3, -0.25) is 4.79 Å². The third-order valence-electron chi connectivity index (χ3n) is 4.50. The second-order valence-electron chi connectivity index (χ2n) is 7.60. The van der Waals surface area contributed by atoms with Crippen LogP contribution in [0.4, 0.5) is 11.4 Å².